The van der Waals surface area contributed by atoms with Gasteiger partial charge < -0.3 is 19.9 Å². The van der Waals surface area contributed by atoms with Crippen molar-refractivity contribution in [2.24, 2.45) is 0 Å². The first kappa shape index (κ1) is 11.8. The fraction of sp³-hybridized carbons (Fsp3) is 0.909. The molecule has 0 aromatic rings. The van der Waals surface area contributed by atoms with Crippen LogP contribution in [0.1, 0.15) is 26.2 Å². The summed E-state index contributed by atoms with van der Waals surface area (Å²) in [6, 6.07) is 0. The number of aliphatic carboxylic acids is 1. The molecule has 2 aliphatic rings. The van der Waals surface area contributed by atoms with Crippen LogP contribution in [0.3, 0.4) is 0 Å². The van der Waals surface area contributed by atoms with Crippen molar-refractivity contribution in [3.8, 4) is 0 Å². The molecule has 0 bridgehead atoms. The van der Waals surface area contributed by atoms with Gasteiger partial charge >= 0.3 is 5.97 Å². The lowest BCUT2D eigenvalue weighted by atomic mass is 9.98. The van der Waals surface area contributed by atoms with Gasteiger partial charge in [0.15, 0.2) is 0 Å². The fourth-order valence-electron chi connectivity index (χ4n) is 2.45. The Morgan fingerprint density at radius 3 is 2.81 bits per heavy atom. The summed E-state index contributed by atoms with van der Waals surface area (Å²) in [4.78, 5) is 11.3. The second kappa shape index (κ2) is 4.69. The number of hydrogen-bond acceptors (Lipinski definition) is 4. The maximum atomic E-state index is 11.3. The number of nitrogens with one attached hydrogen (secondary N) is 1. The van der Waals surface area contributed by atoms with Crippen molar-refractivity contribution in [1.29, 1.82) is 0 Å². The van der Waals surface area contributed by atoms with Gasteiger partial charge in [0.25, 0.3) is 0 Å². The molecule has 1 heterocycles. The molecule has 92 valence electrons. The highest BCUT2D eigenvalue weighted by atomic mass is 16.6. The second-order valence-electron chi connectivity index (χ2n) is 4.58. The highest BCUT2D eigenvalue weighted by molar-refractivity contribution is 5.79. The molecule has 1 saturated heterocycles. The minimum Gasteiger partial charge on any atom is -0.480 e. The first-order valence-corrected chi connectivity index (χ1v) is 5.88. The van der Waals surface area contributed by atoms with Gasteiger partial charge in [0.05, 0.1) is 19.3 Å². The van der Waals surface area contributed by atoms with Crippen LogP contribution in [0, 0.1) is 0 Å². The van der Waals surface area contributed by atoms with Crippen LogP contribution in [0.5, 0.6) is 0 Å². The Kier molecular flexibility index (Phi) is 3.47. The van der Waals surface area contributed by atoms with E-state index in [0.29, 0.717) is 32.6 Å². The monoisotopic (exact) mass is 229 g/mol. The van der Waals surface area contributed by atoms with E-state index in [0.717, 1.165) is 6.42 Å². The van der Waals surface area contributed by atoms with Gasteiger partial charge in [-0.2, -0.15) is 0 Å². The number of ether oxygens (including phenoxy) is 2. The summed E-state index contributed by atoms with van der Waals surface area (Å²) in [6.45, 7) is 3.90. The number of carboxylic acids is 1. The van der Waals surface area contributed by atoms with Crippen molar-refractivity contribution in [1.82, 2.24) is 5.32 Å². The van der Waals surface area contributed by atoms with Crippen LogP contribution in [0.2, 0.25) is 0 Å². The Labute approximate surface area is 95.1 Å². The SMILES string of the molecule is CCNC1(C(=O)O)CCC(OC2COC2)C1. The van der Waals surface area contributed by atoms with Gasteiger partial charge in [-0.1, -0.05) is 6.92 Å². The van der Waals surface area contributed by atoms with Crippen molar-refractivity contribution in [3.63, 3.8) is 0 Å². The standard InChI is InChI=1S/C11H19NO4/c1-2-12-11(10(13)14)4-3-8(5-11)16-9-6-15-7-9/h8-9,12H,2-7H2,1H3,(H,13,14). The summed E-state index contributed by atoms with van der Waals surface area (Å²) in [7, 11) is 0. The summed E-state index contributed by atoms with van der Waals surface area (Å²) in [6.07, 6.45) is 2.26. The number of hydrogen-bond donors (Lipinski definition) is 2. The number of rotatable bonds is 5. The predicted molar refractivity (Wildman–Crippen MR) is 57.4 cm³/mol. The maximum absolute atomic E-state index is 11.3. The Morgan fingerprint density at radius 2 is 2.31 bits per heavy atom. The third kappa shape index (κ3) is 2.21. The van der Waals surface area contributed by atoms with Crippen molar-refractivity contribution < 1.29 is 19.4 Å². The molecule has 1 aliphatic carbocycles. The predicted octanol–water partition coefficient (Wildman–Crippen LogP) is 0.387. The normalized spacial score (nSPS) is 34.9. The third-order valence-corrected chi connectivity index (χ3v) is 3.39. The summed E-state index contributed by atoms with van der Waals surface area (Å²) in [5.74, 6) is -0.759. The van der Waals surface area contributed by atoms with Crippen LogP contribution in [-0.4, -0.2) is 48.6 Å². The van der Waals surface area contributed by atoms with Crippen molar-refractivity contribution in [2.75, 3.05) is 19.8 Å². The number of likely N-dealkylation sites (N-methyl/N-ethyl adjacent to an activating group) is 1. The van der Waals surface area contributed by atoms with Crippen LogP contribution in [-0.2, 0) is 14.3 Å². The Morgan fingerprint density at radius 1 is 1.56 bits per heavy atom. The molecule has 5 nitrogen and oxygen atoms in total. The zero-order valence-electron chi connectivity index (χ0n) is 9.57. The van der Waals surface area contributed by atoms with Gasteiger partial charge in [-0.05, 0) is 19.4 Å². The minimum absolute atomic E-state index is 0.0593. The van der Waals surface area contributed by atoms with E-state index in [1.807, 2.05) is 6.92 Å². The summed E-state index contributed by atoms with van der Waals surface area (Å²) in [5, 5.41) is 12.4. The molecule has 1 saturated carbocycles. The van der Waals surface area contributed by atoms with Gasteiger partial charge in [-0.25, -0.2) is 0 Å². The maximum Gasteiger partial charge on any atom is 0.323 e. The third-order valence-electron chi connectivity index (χ3n) is 3.39. The molecule has 2 N–H and O–H groups in total. The van der Waals surface area contributed by atoms with Gasteiger partial charge in [0, 0.05) is 6.42 Å². The lowest BCUT2D eigenvalue weighted by molar-refractivity contribution is -0.157. The van der Waals surface area contributed by atoms with Crippen LogP contribution in [0.4, 0.5) is 0 Å². The molecule has 2 atom stereocenters. The van der Waals surface area contributed by atoms with Gasteiger partial charge in [0.1, 0.15) is 11.6 Å². The van der Waals surface area contributed by atoms with E-state index in [1.54, 1.807) is 0 Å². The largest absolute Gasteiger partial charge is 0.480 e. The van der Waals surface area contributed by atoms with Crippen LogP contribution < -0.4 is 5.32 Å². The van der Waals surface area contributed by atoms with E-state index in [2.05, 4.69) is 5.32 Å². The van der Waals surface area contributed by atoms with E-state index in [9.17, 15) is 9.90 Å². The lowest BCUT2D eigenvalue weighted by Crippen LogP contribution is -2.50. The Balaban J connectivity index is 1.89. The molecule has 16 heavy (non-hydrogen) atoms. The van der Waals surface area contributed by atoms with E-state index < -0.39 is 11.5 Å². The molecule has 0 aromatic heterocycles. The van der Waals surface area contributed by atoms with Crippen LogP contribution in [0.25, 0.3) is 0 Å². The molecule has 0 aromatic carbocycles. The average Bonchev–Trinajstić information content (AvgIpc) is 2.57. The molecule has 2 unspecified atom stereocenters. The molecule has 0 radical (unpaired) electrons. The van der Waals surface area contributed by atoms with E-state index in [1.165, 1.54) is 0 Å². The zero-order chi connectivity index (χ0) is 11.6. The molecule has 0 amide bonds. The highest BCUT2D eigenvalue weighted by Crippen LogP contribution is 2.33. The first-order chi connectivity index (χ1) is 7.66. The molecule has 5 heteroatoms. The van der Waals surface area contributed by atoms with Gasteiger partial charge in [-0.3, -0.25) is 4.79 Å². The smallest absolute Gasteiger partial charge is 0.323 e. The summed E-state index contributed by atoms with van der Waals surface area (Å²) >= 11 is 0. The molecular formula is C11H19NO4. The Bertz CT molecular complexity index is 267. The summed E-state index contributed by atoms with van der Waals surface area (Å²) in [5.41, 5.74) is -0.774. The van der Waals surface area contributed by atoms with Crippen molar-refractivity contribution in [3.05, 3.63) is 0 Å². The zero-order valence-corrected chi connectivity index (χ0v) is 9.57. The van der Waals surface area contributed by atoms with E-state index in [4.69, 9.17) is 9.47 Å². The quantitative estimate of drug-likeness (QED) is 0.713. The number of carboxylic acid groups (broad SMARTS) is 1. The minimum atomic E-state index is -0.774. The molecule has 0 spiro atoms. The topological polar surface area (TPSA) is 67.8 Å². The van der Waals surface area contributed by atoms with Crippen LogP contribution in [0.15, 0.2) is 0 Å². The highest BCUT2D eigenvalue weighted by Gasteiger charge is 2.46. The fourth-order valence-corrected chi connectivity index (χ4v) is 2.45. The van der Waals surface area contributed by atoms with Crippen molar-refractivity contribution >= 4 is 5.97 Å². The van der Waals surface area contributed by atoms with Crippen LogP contribution >= 0.6 is 0 Å². The molecule has 2 rings (SSSR count). The second-order valence-corrected chi connectivity index (χ2v) is 4.58. The van der Waals surface area contributed by atoms with Gasteiger partial charge in [-0.15, -0.1) is 0 Å². The average molecular weight is 229 g/mol. The van der Waals surface area contributed by atoms with Crippen molar-refractivity contribution in [2.45, 2.75) is 43.9 Å². The molecule has 1 aliphatic heterocycles. The van der Waals surface area contributed by atoms with E-state index in [-0.39, 0.29) is 12.2 Å². The molecule has 2 fully saturated rings. The summed E-state index contributed by atoms with van der Waals surface area (Å²) < 4.78 is 10.8. The number of carbonyl (C=O) groups is 1. The lowest BCUT2D eigenvalue weighted by Gasteiger charge is -2.30. The molecular weight excluding hydrogens is 210 g/mol. The first-order valence-electron chi connectivity index (χ1n) is 5.88. The van der Waals surface area contributed by atoms with E-state index >= 15 is 0 Å². The Hall–Kier alpha value is -0.650. The van der Waals surface area contributed by atoms with Gasteiger partial charge in [0.2, 0.25) is 0 Å².